The van der Waals surface area contributed by atoms with E-state index < -0.39 is 8.16 Å². The number of aryl methyl sites for hydroxylation is 1. The van der Waals surface area contributed by atoms with E-state index in [0.717, 1.165) is 21.9 Å². The van der Waals surface area contributed by atoms with Crippen molar-refractivity contribution in [3.05, 3.63) is 108 Å². The smallest absolute Gasteiger partial charge is 0.310 e. The summed E-state index contributed by atoms with van der Waals surface area (Å²) in [4.78, 5) is 0. The van der Waals surface area contributed by atoms with Crippen LogP contribution >= 0.6 is 8.16 Å². The summed E-state index contributed by atoms with van der Waals surface area (Å²) in [5.74, 6) is 0. The van der Waals surface area contributed by atoms with Crippen LogP contribution in [0.15, 0.2) is 105 Å². The van der Waals surface area contributed by atoms with Crippen LogP contribution in [0.5, 0.6) is 0 Å². The van der Waals surface area contributed by atoms with Crippen LogP contribution in [0.1, 0.15) is 94.7 Å². The van der Waals surface area contributed by atoms with E-state index in [1.807, 2.05) is 0 Å². The molecular formula is C41H46NO2P. The molecule has 1 aromatic heterocycles. The molecule has 4 heteroatoms. The summed E-state index contributed by atoms with van der Waals surface area (Å²) >= 11 is 0. The maximum atomic E-state index is 7.24. The fourth-order valence-corrected chi connectivity index (χ4v) is 9.42. The van der Waals surface area contributed by atoms with Crippen molar-refractivity contribution in [1.29, 1.82) is 0 Å². The third-order valence-corrected chi connectivity index (χ3v) is 11.8. The lowest BCUT2D eigenvalue weighted by atomic mass is 9.96. The zero-order chi connectivity index (χ0) is 30.6. The molecule has 1 atom stereocenters. The Hall–Kier alpha value is -3.52. The van der Waals surface area contributed by atoms with Crippen LogP contribution in [0.4, 0.5) is 0 Å². The largest absolute Gasteiger partial charge is 0.408 e. The molecule has 1 saturated carbocycles. The standard InChI is InChI=1S/C41H46NO2P/c1-30-18-12-15-23-35(30)31(2)42(34-21-10-8-6-4-3-5-7-9-11-22-34)45-43-38-28-26-32-19-13-16-24-36(32)40(38)41-37-25-17-14-20-33(37)27-29-39(41)44-45/h12-20,23-29,31,34H,3-11,21-22H2,1-2H3/t31-/m1/s1. The lowest BCUT2D eigenvalue weighted by Crippen LogP contribution is -2.35. The molecule has 0 unspecified atom stereocenters. The fourth-order valence-electron chi connectivity index (χ4n) is 7.65. The molecule has 0 spiro atoms. The van der Waals surface area contributed by atoms with E-state index >= 15 is 0 Å². The van der Waals surface area contributed by atoms with Crippen molar-refractivity contribution < 1.29 is 8.39 Å². The number of fused-ring (bicyclic) bond motifs is 7. The van der Waals surface area contributed by atoms with Gasteiger partial charge in [-0.2, -0.15) is 4.67 Å². The molecule has 0 N–H and O–H groups in total. The second kappa shape index (κ2) is 13.9. The molecule has 45 heavy (non-hydrogen) atoms. The minimum absolute atomic E-state index is 0.154. The summed E-state index contributed by atoms with van der Waals surface area (Å²) in [6.07, 6.45) is 14.3. The van der Waals surface area contributed by atoms with Gasteiger partial charge in [-0.05, 0) is 71.5 Å². The van der Waals surface area contributed by atoms with Crippen LogP contribution in [0.3, 0.4) is 0 Å². The Morgan fingerprint density at radius 3 is 1.58 bits per heavy atom. The Bertz CT molecular complexity index is 1850. The van der Waals surface area contributed by atoms with E-state index in [2.05, 4.69) is 116 Å². The molecule has 0 bridgehead atoms. The van der Waals surface area contributed by atoms with E-state index in [4.69, 9.17) is 8.39 Å². The summed E-state index contributed by atoms with van der Waals surface area (Å²) < 4.78 is 17.1. The van der Waals surface area contributed by atoms with Crippen LogP contribution in [-0.4, -0.2) is 6.04 Å². The van der Waals surface area contributed by atoms with E-state index in [-0.39, 0.29) is 6.04 Å². The van der Waals surface area contributed by atoms with Crippen molar-refractivity contribution in [3.8, 4) is 0 Å². The Labute approximate surface area is 268 Å². The first-order chi connectivity index (χ1) is 22.2. The molecule has 0 aliphatic heterocycles. The Morgan fingerprint density at radius 1 is 0.578 bits per heavy atom. The minimum atomic E-state index is -1.46. The van der Waals surface area contributed by atoms with Crippen molar-refractivity contribution in [1.82, 2.24) is 0 Å². The Morgan fingerprint density at radius 2 is 1.04 bits per heavy atom. The first kappa shape index (κ1) is 30.2. The van der Waals surface area contributed by atoms with Crippen LogP contribution in [0.25, 0.3) is 43.5 Å². The van der Waals surface area contributed by atoms with Crippen molar-refractivity contribution in [2.24, 2.45) is 0 Å². The lowest BCUT2D eigenvalue weighted by molar-refractivity contribution is 0.427. The maximum absolute atomic E-state index is 7.24. The van der Waals surface area contributed by atoms with Crippen LogP contribution in [-0.2, 0) is 0 Å². The zero-order valence-electron chi connectivity index (χ0n) is 26.9. The highest BCUT2D eigenvalue weighted by Gasteiger charge is 2.31. The van der Waals surface area contributed by atoms with Crippen molar-refractivity contribution in [2.75, 3.05) is 4.67 Å². The summed E-state index contributed by atoms with van der Waals surface area (Å²) in [7, 11) is -1.46. The first-order valence-electron chi connectivity index (χ1n) is 17.2. The van der Waals surface area contributed by atoms with E-state index in [1.165, 1.54) is 103 Å². The number of hydrogen-bond donors (Lipinski definition) is 0. The van der Waals surface area contributed by atoms with Gasteiger partial charge < -0.3 is 8.39 Å². The van der Waals surface area contributed by atoms with Gasteiger partial charge in [0.05, 0.1) is 0 Å². The molecule has 6 aromatic rings. The lowest BCUT2D eigenvalue weighted by Gasteiger charge is -2.34. The molecule has 1 aliphatic rings. The average molecular weight is 616 g/mol. The molecule has 0 saturated heterocycles. The van der Waals surface area contributed by atoms with Gasteiger partial charge in [-0.3, -0.25) is 0 Å². The SMILES string of the molecule is Cc1ccccc1[C@@H](C)N(C1CCCCCCCCCCC1)p1oc2ccc3ccccc3c2c2c(ccc3ccccc32)o1. The number of rotatable bonds is 4. The number of nitrogens with zero attached hydrogens (tertiary/aromatic N) is 1. The second-order valence-electron chi connectivity index (χ2n) is 13.1. The van der Waals surface area contributed by atoms with Gasteiger partial charge in [-0.1, -0.05) is 143 Å². The summed E-state index contributed by atoms with van der Waals surface area (Å²) in [5.41, 5.74) is 4.53. The monoisotopic (exact) mass is 615 g/mol. The Balaban J connectivity index is 1.49. The molecule has 0 radical (unpaired) electrons. The van der Waals surface area contributed by atoms with Gasteiger partial charge in [-0.15, -0.1) is 0 Å². The number of benzene rings is 5. The summed E-state index contributed by atoms with van der Waals surface area (Å²) in [6.45, 7) is 4.62. The predicted octanol–water partition coefficient (Wildman–Crippen LogP) is 13.3. The highest BCUT2D eigenvalue weighted by Crippen LogP contribution is 2.47. The van der Waals surface area contributed by atoms with Gasteiger partial charge in [-0.25, -0.2) is 0 Å². The highest BCUT2D eigenvalue weighted by atomic mass is 31.1. The molecule has 7 rings (SSSR count). The van der Waals surface area contributed by atoms with Gasteiger partial charge in [0.1, 0.15) is 11.2 Å². The molecule has 5 aromatic carbocycles. The normalized spacial score (nSPS) is 16.6. The predicted molar refractivity (Wildman–Crippen MR) is 194 cm³/mol. The molecule has 3 nitrogen and oxygen atoms in total. The summed E-state index contributed by atoms with van der Waals surface area (Å²) in [5, 5.41) is 7.14. The third kappa shape index (κ3) is 6.31. The van der Waals surface area contributed by atoms with E-state index in [1.54, 1.807) is 0 Å². The minimum Gasteiger partial charge on any atom is -0.408 e. The Kier molecular flexibility index (Phi) is 9.28. The highest BCUT2D eigenvalue weighted by molar-refractivity contribution is 7.39. The van der Waals surface area contributed by atoms with Crippen LogP contribution < -0.4 is 4.67 Å². The zero-order valence-corrected chi connectivity index (χ0v) is 27.8. The van der Waals surface area contributed by atoms with Gasteiger partial charge >= 0.3 is 8.16 Å². The molecule has 0 amide bonds. The van der Waals surface area contributed by atoms with Crippen molar-refractivity contribution in [2.45, 2.75) is 96.6 Å². The van der Waals surface area contributed by atoms with E-state index in [9.17, 15) is 0 Å². The second-order valence-corrected chi connectivity index (χ2v) is 14.4. The molecule has 1 heterocycles. The van der Waals surface area contributed by atoms with Gasteiger partial charge in [0.15, 0.2) is 0 Å². The van der Waals surface area contributed by atoms with Crippen LogP contribution in [0.2, 0.25) is 0 Å². The number of hydrogen-bond acceptors (Lipinski definition) is 3. The molecule has 232 valence electrons. The summed E-state index contributed by atoms with van der Waals surface area (Å²) in [6, 6.07) is 35.6. The maximum Gasteiger partial charge on any atom is 0.310 e. The third-order valence-electron chi connectivity index (χ3n) is 10.1. The van der Waals surface area contributed by atoms with Gasteiger partial charge in [0, 0.05) is 22.9 Å². The fraction of sp³-hybridized carbons (Fsp3) is 0.366. The van der Waals surface area contributed by atoms with Crippen LogP contribution in [0, 0.1) is 6.92 Å². The van der Waals surface area contributed by atoms with Crippen molar-refractivity contribution >= 4 is 51.6 Å². The van der Waals surface area contributed by atoms with Gasteiger partial charge in [0.25, 0.3) is 0 Å². The van der Waals surface area contributed by atoms with Gasteiger partial charge in [0.2, 0.25) is 0 Å². The first-order valence-corrected chi connectivity index (χ1v) is 18.4. The molecular weight excluding hydrogens is 569 g/mol. The average Bonchev–Trinajstić information content (AvgIpc) is 3.23. The molecule has 1 fully saturated rings. The molecule has 1 aliphatic carbocycles. The quantitative estimate of drug-likeness (QED) is 0.198. The van der Waals surface area contributed by atoms with Crippen molar-refractivity contribution in [3.63, 3.8) is 0 Å². The van der Waals surface area contributed by atoms with E-state index in [0.29, 0.717) is 6.04 Å². The topological polar surface area (TPSA) is 29.5 Å².